The molecule has 1 aromatic carbocycles. The summed E-state index contributed by atoms with van der Waals surface area (Å²) in [4.78, 5) is 21.8. The van der Waals surface area contributed by atoms with Gasteiger partial charge in [-0.05, 0) is 36.2 Å². The third-order valence-corrected chi connectivity index (χ3v) is 7.36. The van der Waals surface area contributed by atoms with E-state index in [4.69, 9.17) is 9.47 Å². The van der Waals surface area contributed by atoms with Crippen molar-refractivity contribution < 1.29 is 22.7 Å². The molecule has 1 fully saturated rings. The molecular formula is C23H22N4O5S. The molecule has 0 spiro atoms. The Morgan fingerprint density at radius 2 is 1.97 bits per heavy atom. The van der Waals surface area contributed by atoms with Crippen molar-refractivity contribution in [2.24, 2.45) is 0 Å². The van der Waals surface area contributed by atoms with Gasteiger partial charge in [0.1, 0.15) is 5.82 Å². The van der Waals surface area contributed by atoms with Gasteiger partial charge in [-0.3, -0.25) is 9.78 Å². The topological polar surface area (TPSA) is 120 Å². The largest absolute Gasteiger partial charge is 0.454 e. The number of ether oxygens (including phenoxy) is 2. The van der Waals surface area contributed by atoms with Gasteiger partial charge in [-0.1, -0.05) is 12.1 Å². The van der Waals surface area contributed by atoms with Gasteiger partial charge >= 0.3 is 0 Å². The SMILES string of the molecule is O=C(NC1CCS(=O)(=O)C1)c1cc(-c2cccnc2)cnc1NCc1ccc2c(c1)OCO2. The second-order valence-electron chi connectivity index (χ2n) is 7.98. The summed E-state index contributed by atoms with van der Waals surface area (Å²) in [5, 5.41) is 6.07. The van der Waals surface area contributed by atoms with E-state index in [1.165, 1.54) is 0 Å². The summed E-state index contributed by atoms with van der Waals surface area (Å²) in [6.45, 7) is 0.610. The zero-order valence-corrected chi connectivity index (χ0v) is 18.5. The molecule has 4 heterocycles. The Kier molecular flexibility index (Phi) is 5.59. The lowest BCUT2D eigenvalue weighted by atomic mass is 10.1. The Bertz CT molecular complexity index is 1300. The molecule has 1 unspecified atom stereocenters. The molecule has 1 amide bonds. The number of aromatic nitrogens is 2. The van der Waals surface area contributed by atoms with Crippen molar-refractivity contribution in [3.05, 3.63) is 66.1 Å². The predicted octanol–water partition coefficient (Wildman–Crippen LogP) is 2.40. The third kappa shape index (κ3) is 4.75. The molecule has 5 rings (SSSR count). The normalized spacial score (nSPS) is 18.1. The monoisotopic (exact) mass is 466 g/mol. The highest BCUT2D eigenvalue weighted by Crippen LogP contribution is 2.33. The quantitative estimate of drug-likeness (QED) is 0.568. The van der Waals surface area contributed by atoms with E-state index in [2.05, 4.69) is 20.6 Å². The minimum atomic E-state index is -3.11. The molecule has 2 N–H and O–H groups in total. The van der Waals surface area contributed by atoms with E-state index >= 15 is 0 Å². The van der Waals surface area contributed by atoms with Crippen LogP contribution in [-0.4, -0.2) is 48.6 Å². The van der Waals surface area contributed by atoms with Crippen LogP contribution >= 0.6 is 0 Å². The second kappa shape index (κ2) is 8.70. The molecule has 9 nitrogen and oxygen atoms in total. The highest BCUT2D eigenvalue weighted by atomic mass is 32.2. The number of carbonyl (C=O) groups is 1. The Morgan fingerprint density at radius 1 is 1.09 bits per heavy atom. The van der Waals surface area contributed by atoms with Crippen molar-refractivity contribution in [3.8, 4) is 22.6 Å². The van der Waals surface area contributed by atoms with Gasteiger partial charge in [0.15, 0.2) is 21.3 Å². The first-order valence-corrected chi connectivity index (χ1v) is 12.3. The fraction of sp³-hybridized carbons (Fsp3) is 0.261. The number of nitrogens with zero attached hydrogens (tertiary/aromatic N) is 2. The Labute approximate surface area is 191 Å². The van der Waals surface area contributed by atoms with E-state index < -0.39 is 15.9 Å². The molecular weight excluding hydrogens is 444 g/mol. The first-order valence-electron chi connectivity index (χ1n) is 10.5. The van der Waals surface area contributed by atoms with Crippen molar-refractivity contribution in [3.63, 3.8) is 0 Å². The lowest BCUT2D eigenvalue weighted by Crippen LogP contribution is -2.36. The number of fused-ring (bicyclic) bond motifs is 1. The van der Waals surface area contributed by atoms with Gasteiger partial charge in [-0.2, -0.15) is 0 Å². The summed E-state index contributed by atoms with van der Waals surface area (Å²) in [6, 6.07) is 10.7. The van der Waals surface area contributed by atoms with Crippen molar-refractivity contribution in [1.29, 1.82) is 0 Å². The molecule has 0 saturated carbocycles. The summed E-state index contributed by atoms with van der Waals surface area (Å²) in [7, 11) is -3.11. The van der Waals surface area contributed by atoms with Gasteiger partial charge in [0.05, 0.1) is 17.1 Å². The average Bonchev–Trinajstić information content (AvgIpc) is 3.43. The molecule has 33 heavy (non-hydrogen) atoms. The predicted molar refractivity (Wildman–Crippen MR) is 122 cm³/mol. The highest BCUT2D eigenvalue weighted by molar-refractivity contribution is 7.91. The minimum absolute atomic E-state index is 0.0472. The Morgan fingerprint density at radius 3 is 2.76 bits per heavy atom. The lowest BCUT2D eigenvalue weighted by molar-refractivity contribution is 0.0941. The Hall–Kier alpha value is -3.66. The zero-order chi connectivity index (χ0) is 22.8. The molecule has 1 atom stereocenters. The van der Waals surface area contributed by atoms with E-state index in [0.717, 1.165) is 16.7 Å². The number of hydrogen-bond donors (Lipinski definition) is 2. The fourth-order valence-corrected chi connectivity index (χ4v) is 5.55. The van der Waals surface area contributed by atoms with Crippen LogP contribution in [-0.2, 0) is 16.4 Å². The van der Waals surface area contributed by atoms with Gasteiger partial charge < -0.3 is 20.1 Å². The molecule has 2 aliphatic rings. The number of pyridine rings is 2. The summed E-state index contributed by atoms with van der Waals surface area (Å²) in [5.74, 6) is 1.44. The van der Waals surface area contributed by atoms with Crippen molar-refractivity contribution in [2.75, 3.05) is 23.6 Å². The molecule has 0 aliphatic carbocycles. The summed E-state index contributed by atoms with van der Waals surface area (Å²) < 4.78 is 34.4. The number of sulfone groups is 1. The third-order valence-electron chi connectivity index (χ3n) is 5.59. The van der Waals surface area contributed by atoms with Crippen LogP contribution < -0.4 is 20.1 Å². The van der Waals surface area contributed by atoms with Crippen LogP contribution in [0.4, 0.5) is 5.82 Å². The maximum Gasteiger partial charge on any atom is 0.255 e. The van der Waals surface area contributed by atoms with Crippen molar-refractivity contribution in [1.82, 2.24) is 15.3 Å². The maximum absolute atomic E-state index is 13.1. The smallest absolute Gasteiger partial charge is 0.255 e. The van der Waals surface area contributed by atoms with Crippen molar-refractivity contribution in [2.45, 2.75) is 19.0 Å². The number of anilines is 1. The maximum atomic E-state index is 13.1. The molecule has 1 saturated heterocycles. The molecule has 2 aromatic heterocycles. The summed E-state index contributed by atoms with van der Waals surface area (Å²) >= 11 is 0. The number of nitrogens with one attached hydrogen (secondary N) is 2. The molecule has 10 heteroatoms. The molecule has 170 valence electrons. The minimum Gasteiger partial charge on any atom is -0.454 e. The van der Waals surface area contributed by atoms with Crippen LogP contribution in [0.3, 0.4) is 0 Å². The zero-order valence-electron chi connectivity index (χ0n) is 17.7. The van der Waals surface area contributed by atoms with Gasteiger partial charge in [-0.25, -0.2) is 13.4 Å². The average molecular weight is 467 g/mol. The van der Waals surface area contributed by atoms with Crippen LogP contribution in [0.15, 0.2) is 55.0 Å². The van der Waals surface area contributed by atoms with E-state index in [-0.39, 0.29) is 24.2 Å². The number of hydrogen-bond acceptors (Lipinski definition) is 8. The standard InChI is InChI=1S/C23H22N4O5S/c28-23(27-18-5-7-33(29,30)13-18)19-9-17(16-2-1-6-24-11-16)12-26-22(19)25-10-15-3-4-20-21(8-15)32-14-31-20/h1-4,6,8-9,11-12,18H,5,7,10,13-14H2,(H,25,26)(H,27,28). The first-order chi connectivity index (χ1) is 16.0. The van der Waals surface area contributed by atoms with E-state index in [0.29, 0.717) is 35.8 Å². The van der Waals surface area contributed by atoms with Crippen molar-refractivity contribution >= 4 is 21.6 Å². The van der Waals surface area contributed by atoms with Gasteiger partial charge in [-0.15, -0.1) is 0 Å². The van der Waals surface area contributed by atoms with E-state index in [1.807, 2.05) is 30.3 Å². The van der Waals surface area contributed by atoms with Gasteiger partial charge in [0.2, 0.25) is 6.79 Å². The summed E-state index contributed by atoms with van der Waals surface area (Å²) in [5.41, 5.74) is 2.83. The van der Waals surface area contributed by atoms with Crippen LogP contribution in [0.1, 0.15) is 22.3 Å². The molecule has 3 aromatic rings. The number of amides is 1. The number of benzene rings is 1. The highest BCUT2D eigenvalue weighted by Gasteiger charge is 2.30. The van der Waals surface area contributed by atoms with Crippen LogP contribution in [0.5, 0.6) is 11.5 Å². The Balaban J connectivity index is 1.40. The summed E-state index contributed by atoms with van der Waals surface area (Å²) in [6.07, 6.45) is 5.45. The van der Waals surface area contributed by atoms with Crippen LogP contribution in [0, 0.1) is 0 Å². The fourth-order valence-electron chi connectivity index (χ4n) is 3.88. The number of rotatable bonds is 6. The van der Waals surface area contributed by atoms with Crippen LogP contribution in [0.2, 0.25) is 0 Å². The molecule has 0 radical (unpaired) electrons. The van der Waals surface area contributed by atoms with Crippen LogP contribution in [0.25, 0.3) is 11.1 Å². The number of carbonyl (C=O) groups excluding carboxylic acids is 1. The first kappa shape index (κ1) is 21.2. The van der Waals surface area contributed by atoms with E-state index in [1.54, 1.807) is 24.7 Å². The lowest BCUT2D eigenvalue weighted by Gasteiger charge is -2.16. The van der Waals surface area contributed by atoms with E-state index in [9.17, 15) is 13.2 Å². The van der Waals surface area contributed by atoms with Gasteiger partial charge in [0, 0.05) is 42.3 Å². The van der Waals surface area contributed by atoms with Gasteiger partial charge in [0.25, 0.3) is 5.91 Å². The molecule has 2 aliphatic heterocycles. The second-order valence-corrected chi connectivity index (χ2v) is 10.2. The molecule has 0 bridgehead atoms.